The molecule has 0 saturated carbocycles. The van der Waals surface area contributed by atoms with Gasteiger partial charge in [-0.05, 0) is 42.0 Å². The summed E-state index contributed by atoms with van der Waals surface area (Å²) >= 11 is 13.9. The van der Waals surface area contributed by atoms with Crippen molar-refractivity contribution in [2.75, 3.05) is 0 Å². The maximum atomic E-state index is 13.1. The average molecular weight is 405 g/mol. The number of carbonyl (C=O) groups excluding carboxylic acids is 1. The average Bonchev–Trinajstić information content (AvgIpc) is 2.66. The minimum atomic E-state index is -0.360. The number of hydrogen-bond donors (Lipinski definition) is 0. The lowest BCUT2D eigenvalue weighted by Crippen LogP contribution is -2.05. The van der Waals surface area contributed by atoms with E-state index in [1.807, 2.05) is 42.5 Å². The maximum Gasteiger partial charge on any atom is 0.164 e. The maximum absolute atomic E-state index is 13.1. The van der Waals surface area contributed by atoms with Crippen LogP contribution in [0.3, 0.4) is 0 Å². The summed E-state index contributed by atoms with van der Waals surface area (Å²) < 4.78 is 13.1. The van der Waals surface area contributed by atoms with Gasteiger partial charge in [0.15, 0.2) is 5.78 Å². The van der Waals surface area contributed by atoms with Crippen LogP contribution >= 0.6 is 35.0 Å². The van der Waals surface area contributed by atoms with E-state index in [9.17, 15) is 9.18 Å². The summed E-state index contributed by atoms with van der Waals surface area (Å²) in [6, 6.07) is 20.8. The summed E-state index contributed by atoms with van der Waals surface area (Å²) in [5, 5.41) is 0.826. The second-order valence-electron chi connectivity index (χ2n) is 5.70. The first-order valence-corrected chi connectivity index (χ1v) is 9.62. The van der Waals surface area contributed by atoms with Gasteiger partial charge in [0.2, 0.25) is 0 Å². The first-order valence-electron chi connectivity index (χ1n) is 7.99. The first-order chi connectivity index (χ1) is 12.5. The topological polar surface area (TPSA) is 17.1 Å². The number of halogens is 3. The fraction of sp³-hybridized carbons (Fsp3) is 0.0952. The van der Waals surface area contributed by atoms with Crippen LogP contribution in [-0.4, -0.2) is 5.78 Å². The molecule has 0 aliphatic heterocycles. The number of rotatable bonds is 6. The second-order valence-corrected chi connectivity index (χ2v) is 7.73. The van der Waals surface area contributed by atoms with Gasteiger partial charge in [-0.3, -0.25) is 4.79 Å². The predicted molar refractivity (Wildman–Crippen MR) is 107 cm³/mol. The van der Waals surface area contributed by atoms with Crippen molar-refractivity contribution in [1.29, 1.82) is 0 Å². The lowest BCUT2D eigenvalue weighted by atomic mass is 10.0. The molecule has 0 heterocycles. The molecule has 0 saturated heterocycles. The Hall–Kier alpha value is -1.81. The number of carbonyl (C=O) groups is 1. The Balaban J connectivity index is 1.87. The van der Waals surface area contributed by atoms with Crippen molar-refractivity contribution in [3.8, 4) is 0 Å². The highest BCUT2D eigenvalue weighted by molar-refractivity contribution is 7.99. The van der Waals surface area contributed by atoms with Crippen LogP contribution in [0.1, 0.15) is 27.6 Å². The van der Waals surface area contributed by atoms with Crippen LogP contribution in [0.2, 0.25) is 10.0 Å². The van der Waals surface area contributed by atoms with Gasteiger partial charge in [0, 0.05) is 22.1 Å². The summed E-state index contributed by atoms with van der Waals surface area (Å²) in [6.07, 6.45) is 0.267. The van der Waals surface area contributed by atoms with Crippen molar-refractivity contribution in [2.45, 2.75) is 16.6 Å². The summed E-state index contributed by atoms with van der Waals surface area (Å²) in [7, 11) is 0. The van der Waals surface area contributed by atoms with Gasteiger partial charge in [-0.1, -0.05) is 59.6 Å². The molecule has 0 N–H and O–H groups in total. The molecule has 0 amide bonds. The van der Waals surface area contributed by atoms with Gasteiger partial charge in [-0.25, -0.2) is 4.39 Å². The summed E-state index contributed by atoms with van der Waals surface area (Å²) in [6.45, 7) is 0. The number of Topliss-reactive ketones (excluding diaryl/α,β-unsaturated/α-hetero) is 1. The van der Waals surface area contributed by atoms with Gasteiger partial charge in [0.05, 0.1) is 10.0 Å². The van der Waals surface area contributed by atoms with Crippen LogP contribution in [0.25, 0.3) is 0 Å². The zero-order valence-electron chi connectivity index (χ0n) is 13.7. The smallest absolute Gasteiger partial charge is 0.164 e. The molecule has 0 unspecified atom stereocenters. The Morgan fingerprint density at radius 2 is 1.62 bits per heavy atom. The highest BCUT2D eigenvalue weighted by Crippen LogP contribution is 2.43. The van der Waals surface area contributed by atoms with Gasteiger partial charge in [0.25, 0.3) is 0 Å². The zero-order valence-corrected chi connectivity index (χ0v) is 16.0. The normalized spacial score (nSPS) is 12.0. The van der Waals surface area contributed by atoms with Crippen molar-refractivity contribution in [1.82, 2.24) is 0 Å². The molecule has 3 rings (SSSR count). The first kappa shape index (κ1) is 19.0. The van der Waals surface area contributed by atoms with Crippen molar-refractivity contribution in [3.63, 3.8) is 0 Å². The molecule has 0 bridgehead atoms. The van der Waals surface area contributed by atoms with Crippen LogP contribution in [-0.2, 0) is 0 Å². The molecular weight excluding hydrogens is 390 g/mol. The highest BCUT2D eigenvalue weighted by Gasteiger charge is 2.20. The molecule has 0 aliphatic rings. The van der Waals surface area contributed by atoms with E-state index < -0.39 is 0 Å². The van der Waals surface area contributed by atoms with Crippen molar-refractivity contribution in [3.05, 3.63) is 99.8 Å². The van der Waals surface area contributed by atoms with Crippen LogP contribution in [0.4, 0.5) is 4.39 Å². The molecule has 26 heavy (non-hydrogen) atoms. The highest BCUT2D eigenvalue weighted by atomic mass is 35.5. The quantitative estimate of drug-likeness (QED) is 0.318. The molecule has 0 aromatic heterocycles. The van der Waals surface area contributed by atoms with E-state index >= 15 is 0 Å². The van der Waals surface area contributed by atoms with Crippen molar-refractivity contribution in [2.24, 2.45) is 0 Å². The molecule has 3 aromatic carbocycles. The van der Waals surface area contributed by atoms with Crippen molar-refractivity contribution < 1.29 is 9.18 Å². The Morgan fingerprint density at radius 3 is 2.31 bits per heavy atom. The molecule has 0 radical (unpaired) electrons. The molecule has 0 aliphatic carbocycles. The summed E-state index contributed by atoms with van der Waals surface area (Å²) in [5.41, 5.74) is 1.51. The predicted octanol–water partition coefficient (Wildman–Crippen LogP) is 7.24. The van der Waals surface area contributed by atoms with E-state index in [1.165, 1.54) is 36.0 Å². The SMILES string of the molecule is O=C(C[C@@H](Sc1cccc(Cl)c1Cl)c1ccccc1)c1ccc(F)cc1. The molecule has 132 valence electrons. The van der Waals surface area contributed by atoms with Crippen LogP contribution in [0.15, 0.2) is 77.7 Å². The number of hydrogen-bond acceptors (Lipinski definition) is 2. The fourth-order valence-corrected chi connectivity index (χ4v) is 4.24. The van der Waals surface area contributed by atoms with Crippen LogP contribution in [0, 0.1) is 5.82 Å². The Bertz CT molecular complexity index is 898. The van der Waals surface area contributed by atoms with Gasteiger partial charge < -0.3 is 0 Å². The molecule has 0 spiro atoms. The van der Waals surface area contributed by atoms with Gasteiger partial charge in [-0.2, -0.15) is 0 Å². The lowest BCUT2D eigenvalue weighted by molar-refractivity contribution is 0.0982. The molecular formula is C21H15Cl2FOS. The van der Waals surface area contributed by atoms with E-state index in [0.717, 1.165) is 10.5 Å². The third kappa shape index (κ3) is 4.67. The van der Waals surface area contributed by atoms with Gasteiger partial charge in [-0.15, -0.1) is 11.8 Å². The molecule has 0 fully saturated rings. The lowest BCUT2D eigenvalue weighted by Gasteiger charge is -2.18. The van der Waals surface area contributed by atoms with E-state index in [0.29, 0.717) is 15.6 Å². The Labute approximate surface area is 166 Å². The minimum Gasteiger partial charge on any atom is -0.294 e. The number of thioether (sulfide) groups is 1. The number of benzene rings is 3. The van der Waals surface area contributed by atoms with E-state index in [2.05, 4.69) is 0 Å². The van der Waals surface area contributed by atoms with E-state index in [4.69, 9.17) is 23.2 Å². The summed E-state index contributed by atoms with van der Waals surface area (Å²) in [5.74, 6) is -0.411. The summed E-state index contributed by atoms with van der Waals surface area (Å²) in [4.78, 5) is 13.5. The van der Waals surface area contributed by atoms with Gasteiger partial charge in [0.1, 0.15) is 5.82 Å². The monoisotopic (exact) mass is 404 g/mol. The molecule has 3 aromatic rings. The molecule has 1 nitrogen and oxygen atoms in total. The number of ketones is 1. The standard InChI is InChI=1S/C21H15Cl2FOS/c22-17-7-4-8-19(21(17)23)26-20(15-5-2-1-3-6-15)13-18(25)14-9-11-16(24)12-10-14/h1-12,20H,13H2/t20-/m1/s1. The third-order valence-electron chi connectivity index (χ3n) is 3.89. The molecule has 5 heteroatoms. The minimum absolute atomic E-state index is 0.0514. The largest absolute Gasteiger partial charge is 0.294 e. The van der Waals surface area contributed by atoms with Crippen LogP contribution in [0.5, 0.6) is 0 Å². The second kappa shape index (κ2) is 8.72. The van der Waals surface area contributed by atoms with E-state index in [1.54, 1.807) is 6.07 Å². The van der Waals surface area contributed by atoms with Gasteiger partial charge >= 0.3 is 0 Å². The third-order valence-corrected chi connectivity index (χ3v) is 6.14. The fourth-order valence-electron chi connectivity index (χ4n) is 2.55. The van der Waals surface area contributed by atoms with Crippen molar-refractivity contribution >= 4 is 40.7 Å². The van der Waals surface area contributed by atoms with Crippen LogP contribution < -0.4 is 0 Å². The zero-order chi connectivity index (χ0) is 18.5. The molecule has 1 atom stereocenters. The Kier molecular flexibility index (Phi) is 6.36. The Morgan fingerprint density at radius 1 is 0.923 bits per heavy atom. The van der Waals surface area contributed by atoms with E-state index in [-0.39, 0.29) is 23.3 Å².